The van der Waals surface area contributed by atoms with Crippen LogP contribution in [0.15, 0.2) is 53.4 Å². The molecule has 8 heteroatoms. The lowest BCUT2D eigenvalue weighted by molar-refractivity contribution is 0.0945. The molecule has 0 heterocycles. The Morgan fingerprint density at radius 2 is 1.75 bits per heavy atom. The lowest BCUT2D eigenvalue weighted by Gasteiger charge is -2.09. The lowest BCUT2D eigenvalue weighted by Crippen LogP contribution is -2.41. The summed E-state index contributed by atoms with van der Waals surface area (Å²) in [5.74, 6) is 0.0162. The van der Waals surface area contributed by atoms with Crippen molar-refractivity contribution < 1.29 is 17.9 Å². The third-order valence-corrected chi connectivity index (χ3v) is 4.28. The third-order valence-electron chi connectivity index (χ3n) is 3.02. The Morgan fingerprint density at radius 1 is 1.12 bits per heavy atom. The van der Waals surface area contributed by atoms with Crippen LogP contribution in [0.4, 0.5) is 0 Å². The predicted octanol–water partition coefficient (Wildman–Crippen LogP) is 1.58. The number of hydrogen-bond acceptors (Lipinski definition) is 5. The largest absolute Gasteiger partial charge is 0.494 e. The van der Waals surface area contributed by atoms with Crippen molar-refractivity contribution in [1.82, 2.24) is 10.3 Å². The van der Waals surface area contributed by atoms with Gasteiger partial charge >= 0.3 is 0 Å². The maximum absolute atomic E-state index is 12.1. The smallest absolute Gasteiger partial charge is 0.266 e. The summed E-state index contributed by atoms with van der Waals surface area (Å²) in [4.78, 5) is 13.9. The van der Waals surface area contributed by atoms with Crippen molar-refractivity contribution in [2.45, 2.75) is 11.8 Å². The Bertz CT molecular complexity index is 854. The van der Waals surface area contributed by atoms with E-state index in [2.05, 4.69) is 5.43 Å². The van der Waals surface area contributed by atoms with Crippen LogP contribution >= 0.6 is 0 Å². The molecule has 0 spiro atoms. The molecule has 0 saturated carbocycles. The van der Waals surface area contributed by atoms with Gasteiger partial charge in [-0.2, -0.15) is 5.26 Å². The summed E-state index contributed by atoms with van der Waals surface area (Å²) < 4.78 is 29.4. The van der Waals surface area contributed by atoms with E-state index in [9.17, 15) is 13.2 Å². The van der Waals surface area contributed by atoms with Crippen LogP contribution < -0.4 is 15.0 Å². The van der Waals surface area contributed by atoms with Gasteiger partial charge in [0.15, 0.2) is 0 Å². The van der Waals surface area contributed by atoms with Crippen LogP contribution in [0.3, 0.4) is 0 Å². The van der Waals surface area contributed by atoms with Crippen LogP contribution in [0.1, 0.15) is 22.8 Å². The van der Waals surface area contributed by atoms with Crippen LogP contribution in [-0.2, 0) is 10.0 Å². The first kappa shape index (κ1) is 17.5. The fraction of sp³-hybridized carbons (Fsp3) is 0.125. The van der Waals surface area contributed by atoms with Gasteiger partial charge in [0.1, 0.15) is 5.75 Å². The van der Waals surface area contributed by atoms with Gasteiger partial charge in [-0.1, -0.05) is 0 Å². The number of nitrogens with one attached hydrogen (secondary N) is 2. The first-order valence-corrected chi connectivity index (χ1v) is 8.50. The predicted molar refractivity (Wildman–Crippen MR) is 86.6 cm³/mol. The summed E-state index contributed by atoms with van der Waals surface area (Å²) >= 11 is 0. The lowest BCUT2D eigenvalue weighted by atomic mass is 10.2. The highest BCUT2D eigenvalue weighted by atomic mass is 32.2. The number of benzene rings is 2. The zero-order valence-electron chi connectivity index (χ0n) is 12.8. The van der Waals surface area contributed by atoms with Crippen molar-refractivity contribution in [1.29, 1.82) is 5.26 Å². The van der Waals surface area contributed by atoms with E-state index >= 15 is 0 Å². The summed E-state index contributed by atoms with van der Waals surface area (Å²) in [7, 11) is -3.92. The molecule has 0 atom stereocenters. The Labute approximate surface area is 139 Å². The molecule has 2 rings (SSSR count). The van der Waals surface area contributed by atoms with E-state index in [1.807, 2.05) is 17.8 Å². The summed E-state index contributed by atoms with van der Waals surface area (Å²) in [5.41, 5.74) is 2.75. The van der Waals surface area contributed by atoms with Gasteiger partial charge in [0.2, 0.25) is 0 Å². The molecule has 0 saturated heterocycles. The van der Waals surface area contributed by atoms with Crippen molar-refractivity contribution >= 4 is 15.9 Å². The maximum Gasteiger partial charge on any atom is 0.266 e. The first-order valence-electron chi connectivity index (χ1n) is 7.01. The molecule has 24 heavy (non-hydrogen) atoms. The zero-order valence-corrected chi connectivity index (χ0v) is 13.6. The topological polar surface area (TPSA) is 108 Å². The van der Waals surface area contributed by atoms with Gasteiger partial charge in [-0.05, 0) is 55.5 Å². The standard InChI is InChI=1S/C16H15N3O4S/c1-2-23-14-7-5-13(6-8-14)16(20)18-19-24(21,22)15-9-3-12(11-17)4-10-15/h3-10,19H,2H2,1H3,(H,18,20). The van der Waals surface area contributed by atoms with E-state index < -0.39 is 15.9 Å². The summed E-state index contributed by atoms with van der Waals surface area (Å²) in [6, 6.07) is 13.5. The quantitative estimate of drug-likeness (QED) is 0.773. The second kappa shape index (κ2) is 7.59. The Balaban J connectivity index is 2.02. The molecule has 0 aliphatic heterocycles. The minimum atomic E-state index is -3.92. The molecule has 0 fully saturated rings. The minimum Gasteiger partial charge on any atom is -0.494 e. The van der Waals surface area contributed by atoms with Crippen molar-refractivity contribution in [3.63, 3.8) is 0 Å². The molecule has 7 nitrogen and oxygen atoms in total. The molecule has 0 aliphatic rings. The Hall–Kier alpha value is -2.89. The van der Waals surface area contributed by atoms with Gasteiger partial charge in [0.25, 0.3) is 15.9 Å². The van der Waals surface area contributed by atoms with Crippen molar-refractivity contribution in [2.75, 3.05) is 6.61 Å². The number of sulfonamides is 1. The van der Waals surface area contributed by atoms with Gasteiger partial charge in [0, 0.05) is 5.56 Å². The van der Waals surface area contributed by atoms with Crippen molar-refractivity contribution in [2.24, 2.45) is 0 Å². The molecule has 0 radical (unpaired) electrons. The summed E-state index contributed by atoms with van der Waals surface area (Å²) in [5, 5.41) is 8.71. The van der Waals surface area contributed by atoms with Crippen molar-refractivity contribution in [3.05, 3.63) is 59.7 Å². The van der Waals surface area contributed by atoms with Gasteiger partial charge in [0.05, 0.1) is 23.1 Å². The van der Waals surface area contributed by atoms with Gasteiger partial charge in [-0.25, -0.2) is 8.42 Å². The molecule has 1 amide bonds. The highest BCUT2D eigenvalue weighted by molar-refractivity contribution is 7.89. The van der Waals surface area contributed by atoms with Gasteiger partial charge in [-0.15, -0.1) is 4.83 Å². The van der Waals surface area contributed by atoms with E-state index in [0.29, 0.717) is 17.9 Å². The van der Waals surface area contributed by atoms with E-state index in [1.54, 1.807) is 12.1 Å². The van der Waals surface area contributed by atoms with Crippen molar-refractivity contribution in [3.8, 4) is 11.8 Å². The number of nitriles is 1. The van der Waals surface area contributed by atoms with Crippen LogP contribution in [0.5, 0.6) is 5.75 Å². The second-order valence-corrected chi connectivity index (χ2v) is 6.34. The number of nitrogens with zero attached hydrogens (tertiary/aromatic N) is 1. The summed E-state index contributed by atoms with van der Waals surface area (Å²) in [6.45, 7) is 2.36. The molecule has 2 N–H and O–H groups in total. The third kappa shape index (κ3) is 4.32. The molecular formula is C16H15N3O4S. The fourth-order valence-corrected chi connectivity index (χ4v) is 2.66. The summed E-state index contributed by atoms with van der Waals surface area (Å²) in [6.07, 6.45) is 0. The number of rotatable bonds is 6. The molecule has 2 aromatic rings. The molecule has 0 aromatic heterocycles. The van der Waals surface area contributed by atoms with E-state index in [0.717, 1.165) is 0 Å². The second-order valence-electron chi connectivity index (χ2n) is 4.65. The molecule has 0 bridgehead atoms. The fourth-order valence-electron chi connectivity index (χ4n) is 1.82. The van der Waals surface area contributed by atoms with E-state index in [1.165, 1.54) is 36.4 Å². The van der Waals surface area contributed by atoms with E-state index in [-0.39, 0.29) is 10.5 Å². The zero-order chi connectivity index (χ0) is 17.6. The highest BCUT2D eigenvalue weighted by Gasteiger charge is 2.15. The van der Waals surface area contributed by atoms with Crippen LogP contribution in [0.25, 0.3) is 0 Å². The molecule has 2 aromatic carbocycles. The SMILES string of the molecule is CCOc1ccc(C(=O)NNS(=O)(=O)c2ccc(C#N)cc2)cc1. The monoisotopic (exact) mass is 345 g/mol. The molecule has 0 aliphatic carbocycles. The number of carbonyl (C=O) groups is 1. The molecule has 124 valence electrons. The van der Waals surface area contributed by atoms with Crippen LogP contribution in [0.2, 0.25) is 0 Å². The number of amides is 1. The van der Waals surface area contributed by atoms with Crippen LogP contribution in [0, 0.1) is 11.3 Å². The minimum absolute atomic E-state index is 0.0616. The number of hydrazine groups is 1. The first-order chi connectivity index (χ1) is 11.5. The molecular weight excluding hydrogens is 330 g/mol. The Kier molecular flexibility index (Phi) is 5.52. The number of carbonyl (C=O) groups excluding carboxylic acids is 1. The normalized spacial score (nSPS) is 10.7. The van der Waals surface area contributed by atoms with E-state index in [4.69, 9.17) is 10.00 Å². The molecule has 0 unspecified atom stereocenters. The average molecular weight is 345 g/mol. The van der Waals surface area contributed by atoms with Gasteiger partial charge < -0.3 is 4.74 Å². The van der Waals surface area contributed by atoms with Gasteiger partial charge in [-0.3, -0.25) is 10.2 Å². The highest BCUT2D eigenvalue weighted by Crippen LogP contribution is 2.12. The maximum atomic E-state index is 12.1. The van der Waals surface area contributed by atoms with Crippen LogP contribution in [-0.4, -0.2) is 20.9 Å². The Morgan fingerprint density at radius 3 is 2.29 bits per heavy atom. The number of ether oxygens (including phenoxy) is 1. The number of hydrogen-bond donors (Lipinski definition) is 2. The average Bonchev–Trinajstić information content (AvgIpc) is 2.61.